The number of methoxy groups -OCH3 is 1. The molecule has 6 heteroatoms. The van der Waals surface area contributed by atoms with Crippen molar-refractivity contribution in [2.45, 2.75) is 0 Å². The van der Waals surface area contributed by atoms with Crippen molar-refractivity contribution < 1.29 is 19.1 Å². The third kappa shape index (κ3) is 2.54. The van der Waals surface area contributed by atoms with E-state index in [0.29, 0.717) is 22.8 Å². The van der Waals surface area contributed by atoms with Gasteiger partial charge in [-0.1, -0.05) is 18.2 Å². The Balaban J connectivity index is 2.01. The maximum atomic E-state index is 11.0. The van der Waals surface area contributed by atoms with Crippen LogP contribution in [0.5, 0.6) is 5.75 Å². The lowest BCUT2D eigenvalue weighted by molar-refractivity contribution is 0.0697. The lowest BCUT2D eigenvalue weighted by atomic mass is 10.1. The first-order chi connectivity index (χ1) is 10.7. The van der Waals surface area contributed by atoms with Gasteiger partial charge in [-0.3, -0.25) is 0 Å². The smallest absolute Gasteiger partial charge is 0.335 e. The Bertz CT molecular complexity index is 826. The molecule has 110 valence electrons. The number of hydrogen-bond acceptors (Lipinski definition) is 5. The van der Waals surface area contributed by atoms with Gasteiger partial charge in [-0.05, 0) is 30.3 Å². The fourth-order valence-electron chi connectivity index (χ4n) is 2.06. The second kappa shape index (κ2) is 5.69. The van der Waals surface area contributed by atoms with Gasteiger partial charge in [0.2, 0.25) is 5.89 Å². The van der Waals surface area contributed by atoms with E-state index in [1.165, 1.54) is 12.1 Å². The zero-order valence-electron chi connectivity index (χ0n) is 11.7. The number of carboxylic acids is 1. The Hall–Kier alpha value is -3.15. The molecule has 0 atom stereocenters. The predicted molar refractivity (Wildman–Crippen MR) is 78.7 cm³/mol. The summed E-state index contributed by atoms with van der Waals surface area (Å²) >= 11 is 0. The Labute approximate surface area is 126 Å². The van der Waals surface area contributed by atoms with Gasteiger partial charge in [-0.25, -0.2) is 4.79 Å². The highest BCUT2D eigenvalue weighted by Crippen LogP contribution is 2.30. The van der Waals surface area contributed by atoms with E-state index in [1.54, 1.807) is 25.3 Å². The fourth-order valence-corrected chi connectivity index (χ4v) is 2.06. The molecule has 0 aliphatic carbocycles. The third-order valence-electron chi connectivity index (χ3n) is 3.12. The van der Waals surface area contributed by atoms with Crippen LogP contribution in [-0.2, 0) is 0 Å². The van der Waals surface area contributed by atoms with Gasteiger partial charge in [-0.2, -0.15) is 0 Å². The third-order valence-corrected chi connectivity index (χ3v) is 3.12. The number of rotatable bonds is 4. The summed E-state index contributed by atoms with van der Waals surface area (Å²) in [7, 11) is 1.56. The van der Waals surface area contributed by atoms with E-state index in [0.717, 1.165) is 0 Å². The summed E-state index contributed by atoms with van der Waals surface area (Å²) in [5, 5.41) is 17.0. The molecule has 0 bridgehead atoms. The quantitative estimate of drug-likeness (QED) is 0.796. The molecule has 2 aromatic carbocycles. The van der Waals surface area contributed by atoms with E-state index < -0.39 is 5.97 Å². The van der Waals surface area contributed by atoms with Crippen molar-refractivity contribution in [3.63, 3.8) is 0 Å². The van der Waals surface area contributed by atoms with Gasteiger partial charge in [0, 0.05) is 5.56 Å². The van der Waals surface area contributed by atoms with Gasteiger partial charge in [-0.15, -0.1) is 10.2 Å². The molecule has 3 rings (SSSR count). The lowest BCUT2D eigenvalue weighted by Crippen LogP contribution is -1.95. The fraction of sp³-hybridized carbons (Fsp3) is 0.0625. The van der Waals surface area contributed by atoms with Gasteiger partial charge in [0.05, 0.1) is 18.2 Å². The first kappa shape index (κ1) is 13.8. The largest absolute Gasteiger partial charge is 0.496 e. The van der Waals surface area contributed by atoms with E-state index >= 15 is 0 Å². The minimum atomic E-state index is -1.01. The van der Waals surface area contributed by atoms with Gasteiger partial charge in [0.1, 0.15) is 5.75 Å². The number of nitrogens with zero attached hydrogens (tertiary/aromatic N) is 2. The van der Waals surface area contributed by atoms with E-state index in [1.807, 2.05) is 18.2 Å². The molecule has 0 spiro atoms. The van der Waals surface area contributed by atoms with Crippen LogP contribution in [0, 0.1) is 0 Å². The molecule has 0 aliphatic heterocycles. The average molecular weight is 296 g/mol. The van der Waals surface area contributed by atoms with Crippen molar-refractivity contribution in [3.8, 4) is 28.7 Å². The van der Waals surface area contributed by atoms with Gasteiger partial charge < -0.3 is 14.3 Å². The topological polar surface area (TPSA) is 85.5 Å². The number of aromatic nitrogens is 2. The number of aromatic carboxylic acids is 1. The second-order valence-corrected chi connectivity index (χ2v) is 4.50. The molecule has 3 aromatic rings. The second-order valence-electron chi connectivity index (χ2n) is 4.50. The highest BCUT2D eigenvalue weighted by Gasteiger charge is 2.15. The minimum Gasteiger partial charge on any atom is -0.496 e. The highest BCUT2D eigenvalue weighted by atomic mass is 16.5. The average Bonchev–Trinajstić information content (AvgIpc) is 3.04. The van der Waals surface area contributed by atoms with Gasteiger partial charge in [0.25, 0.3) is 5.89 Å². The number of ether oxygens (including phenoxy) is 1. The Morgan fingerprint density at radius 1 is 1.09 bits per heavy atom. The van der Waals surface area contributed by atoms with Crippen LogP contribution in [0.25, 0.3) is 22.9 Å². The normalized spacial score (nSPS) is 10.4. The van der Waals surface area contributed by atoms with Crippen LogP contribution in [0.1, 0.15) is 10.4 Å². The molecule has 0 amide bonds. The summed E-state index contributed by atoms with van der Waals surface area (Å²) in [5.74, 6) is 0.181. The molecule has 0 aliphatic rings. The molecular weight excluding hydrogens is 284 g/mol. The molecule has 1 aromatic heterocycles. The number of hydrogen-bond donors (Lipinski definition) is 1. The summed E-state index contributed by atoms with van der Waals surface area (Å²) in [4.78, 5) is 11.0. The summed E-state index contributed by atoms with van der Waals surface area (Å²) in [6.07, 6.45) is 0. The number of carboxylic acid groups (broad SMARTS) is 1. The standard InChI is InChI=1S/C16H12N2O4/c1-21-13-8-3-2-7-12(13)15-18-17-14(22-15)10-5-4-6-11(9-10)16(19)20/h2-9H,1H3,(H,19,20). The minimum absolute atomic E-state index is 0.162. The van der Waals surface area contributed by atoms with Crippen molar-refractivity contribution in [2.24, 2.45) is 0 Å². The SMILES string of the molecule is COc1ccccc1-c1nnc(-c2cccc(C(=O)O)c2)o1. The molecule has 0 saturated heterocycles. The summed E-state index contributed by atoms with van der Waals surface area (Å²) in [6, 6.07) is 13.6. The van der Waals surface area contributed by atoms with Gasteiger partial charge in [0.15, 0.2) is 0 Å². The lowest BCUT2D eigenvalue weighted by Gasteiger charge is -2.03. The molecule has 0 radical (unpaired) electrons. The summed E-state index contributed by atoms with van der Waals surface area (Å²) in [6.45, 7) is 0. The van der Waals surface area contributed by atoms with Crippen LogP contribution < -0.4 is 4.74 Å². The number of benzene rings is 2. The molecule has 1 heterocycles. The van der Waals surface area contributed by atoms with Crippen molar-refractivity contribution in [1.29, 1.82) is 0 Å². The van der Waals surface area contributed by atoms with Crippen LogP contribution in [-0.4, -0.2) is 28.4 Å². The molecule has 0 unspecified atom stereocenters. The maximum Gasteiger partial charge on any atom is 0.335 e. The molecule has 0 fully saturated rings. The Kier molecular flexibility index (Phi) is 3.57. The number of carbonyl (C=O) groups is 1. The van der Waals surface area contributed by atoms with Crippen LogP contribution >= 0.6 is 0 Å². The maximum absolute atomic E-state index is 11.0. The van der Waals surface area contributed by atoms with E-state index in [2.05, 4.69) is 10.2 Å². The number of para-hydroxylation sites is 1. The van der Waals surface area contributed by atoms with Crippen LogP contribution in [0.2, 0.25) is 0 Å². The van der Waals surface area contributed by atoms with E-state index in [-0.39, 0.29) is 11.5 Å². The molecular formula is C16H12N2O4. The monoisotopic (exact) mass is 296 g/mol. The molecule has 6 nitrogen and oxygen atoms in total. The van der Waals surface area contributed by atoms with Crippen molar-refractivity contribution >= 4 is 5.97 Å². The Morgan fingerprint density at radius 3 is 2.64 bits per heavy atom. The zero-order chi connectivity index (χ0) is 15.5. The molecule has 1 N–H and O–H groups in total. The van der Waals surface area contributed by atoms with Crippen LogP contribution in [0.3, 0.4) is 0 Å². The van der Waals surface area contributed by atoms with Crippen molar-refractivity contribution in [2.75, 3.05) is 7.11 Å². The summed E-state index contributed by atoms with van der Waals surface area (Å²) < 4.78 is 10.9. The van der Waals surface area contributed by atoms with Crippen molar-refractivity contribution in [1.82, 2.24) is 10.2 Å². The predicted octanol–water partition coefficient (Wildman–Crippen LogP) is 3.11. The zero-order valence-corrected chi connectivity index (χ0v) is 11.7. The van der Waals surface area contributed by atoms with E-state index in [4.69, 9.17) is 14.3 Å². The summed E-state index contributed by atoms with van der Waals surface area (Å²) in [5.41, 5.74) is 1.39. The molecule has 22 heavy (non-hydrogen) atoms. The molecule has 0 saturated carbocycles. The van der Waals surface area contributed by atoms with E-state index in [9.17, 15) is 4.79 Å². The first-order valence-corrected chi connectivity index (χ1v) is 6.49. The van der Waals surface area contributed by atoms with Crippen LogP contribution in [0.4, 0.5) is 0 Å². The highest BCUT2D eigenvalue weighted by molar-refractivity contribution is 5.89. The van der Waals surface area contributed by atoms with Crippen molar-refractivity contribution in [3.05, 3.63) is 54.1 Å². The first-order valence-electron chi connectivity index (χ1n) is 6.49. The van der Waals surface area contributed by atoms with Gasteiger partial charge >= 0.3 is 5.97 Å². The van der Waals surface area contributed by atoms with Crippen LogP contribution in [0.15, 0.2) is 52.9 Å². The Morgan fingerprint density at radius 2 is 1.86 bits per heavy atom.